The Bertz CT molecular complexity index is 147. The molecule has 1 saturated heterocycles. The Morgan fingerprint density at radius 2 is 2.07 bits per heavy atom. The largest absolute Gasteiger partial charge is 0.390 e. The van der Waals surface area contributed by atoms with Crippen molar-refractivity contribution in [3.63, 3.8) is 0 Å². The van der Waals surface area contributed by atoms with Crippen LogP contribution in [-0.2, 0) is 4.74 Å². The molecule has 1 heterocycles. The molecular formula is C12H24O2. The van der Waals surface area contributed by atoms with E-state index in [0.717, 1.165) is 25.7 Å². The molecule has 3 unspecified atom stereocenters. The second kappa shape index (κ2) is 6.41. The first-order valence-electron chi connectivity index (χ1n) is 6.07. The van der Waals surface area contributed by atoms with E-state index < -0.39 is 0 Å². The van der Waals surface area contributed by atoms with Gasteiger partial charge in [0.2, 0.25) is 0 Å². The molecule has 0 aromatic rings. The molecule has 1 fully saturated rings. The Morgan fingerprint density at radius 1 is 1.29 bits per heavy atom. The zero-order valence-corrected chi connectivity index (χ0v) is 9.54. The molecular weight excluding hydrogens is 176 g/mol. The number of rotatable bonds is 6. The summed E-state index contributed by atoms with van der Waals surface area (Å²) in [4.78, 5) is 0. The molecule has 0 aliphatic carbocycles. The molecule has 1 aliphatic heterocycles. The van der Waals surface area contributed by atoms with Crippen molar-refractivity contribution in [2.24, 2.45) is 0 Å². The molecule has 1 aliphatic rings. The molecule has 1 rings (SSSR count). The lowest BCUT2D eigenvalue weighted by Crippen LogP contribution is -2.25. The fourth-order valence-electron chi connectivity index (χ4n) is 2.08. The summed E-state index contributed by atoms with van der Waals surface area (Å²) in [5.41, 5.74) is 0. The van der Waals surface area contributed by atoms with Crippen LogP contribution in [-0.4, -0.2) is 23.4 Å². The number of unbranched alkanes of at least 4 members (excludes halogenated alkanes) is 3. The second-order valence-electron chi connectivity index (χ2n) is 4.48. The summed E-state index contributed by atoms with van der Waals surface area (Å²) < 4.78 is 5.63. The normalized spacial score (nSPS) is 29.4. The van der Waals surface area contributed by atoms with Gasteiger partial charge in [0.15, 0.2) is 0 Å². The lowest BCUT2D eigenvalue weighted by Gasteiger charge is -2.18. The van der Waals surface area contributed by atoms with Crippen molar-refractivity contribution in [3.05, 3.63) is 0 Å². The Kier molecular flexibility index (Phi) is 5.49. The summed E-state index contributed by atoms with van der Waals surface area (Å²) in [5, 5.41) is 9.84. The van der Waals surface area contributed by atoms with E-state index in [0.29, 0.717) is 6.10 Å². The lowest BCUT2D eigenvalue weighted by molar-refractivity contribution is -0.0322. The van der Waals surface area contributed by atoms with Crippen LogP contribution in [0.5, 0.6) is 0 Å². The highest BCUT2D eigenvalue weighted by molar-refractivity contribution is 4.77. The monoisotopic (exact) mass is 200 g/mol. The van der Waals surface area contributed by atoms with Crippen LogP contribution in [0.4, 0.5) is 0 Å². The Balaban J connectivity index is 2.06. The minimum Gasteiger partial charge on any atom is -0.390 e. The maximum absolute atomic E-state index is 9.84. The summed E-state index contributed by atoms with van der Waals surface area (Å²) >= 11 is 0. The molecule has 0 amide bonds. The molecule has 2 nitrogen and oxygen atoms in total. The average molecular weight is 200 g/mol. The molecule has 0 radical (unpaired) electrons. The Morgan fingerprint density at radius 3 is 2.64 bits per heavy atom. The molecule has 14 heavy (non-hydrogen) atoms. The molecule has 84 valence electrons. The van der Waals surface area contributed by atoms with Gasteiger partial charge in [-0.05, 0) is 26.2 Å². The SMILES string of the molecule is CCCCCCC(O)C1CCC(C)O1. The number of aliphatic hydroxyl groups excluding tert-OH is 1. The molecule has 0 saturated carbocycles. The highest BCUT2D eigenvalue weighted by Crippen LogP contribution is 2.24. The van der Waals surface area contributed by atoms with Gasteiger partial charge in [0, 0.05) is 0 Å². The van der Waals surface area contributed by atoms with Gasteiger partial charge in [0.1, 0.15) is 0 Å². The van der Waals surface area contributed by atoms with Gasteiger partial charge in [0.05, 0.1) is 18.3 Å². The smallest absolute Gasteiger partial charge is 0.0838 e. The topological polar surface area (TPSA) is 29.5 Å². The van der Waals surface area contributed by atoms with E-state index in [1.165, 1.54) is 19.3 Å². The third-order valence-electron chi connectivity index (χ3n) is 3.05. The summed E-state index contributed by atoms with van der Waals surface area (Å²) in [6.07, 6.45) is 8.24. The van der Waals surface area contributed by atoms with E-state index in [2.05, 4.69) is 13.8 Å². The Labute approximate surface area is 87.7 Å². The quantitative estimate of drug-likeness (QED) is 0.668. The summed E-state index contributed by atoms with van der Waals surface area (Å²) in [5.74, 6) is 0. The predicted octanol–water partition coefficient (Wildman–Crippen LogP) is 2.89. The van der Waals surface area contributed by atoms with Gasteiger partial charge in [-0.2, -0.15) is 0 Å². The zero-order valence-electron chi connectivity index (χ0n) is 9.54. The molecule has 0 aromatic heterocycles. The molecule has 0 aromatic carbocycles. The van der Waals surface area contributed by atoms with Crippen LogP contribution in [0, 0.1) is 0 Å². The molecule has 3 atom stereocenters. The van der Waals surface area contributed by atoms with Gasteiger partial charge in [0.25, 0.3) is 0 Å². The second-order valence-corrected chi connectivity index (χ2v) is 4.48. The maximum atomic E-state index is 9.84. The van der Waals surface area contributed by atoms with Crippen molar-refractivity contribution in [1.82, 2.24) is 0 Å². The van der Waals surface area contributed by atoms with Crippen LogP contribution in [0.3, 0.4) is 0 Å². The molecule has 0 spiro atoms. The van der Waals surface area contributed by atoms with Crippen molar-refractivity contribution < 1.29 is 9.84 Å². The standard InChI is InChI=1S/C12H24O2/c1-3-4-5-6-7-11(13)12-9-8-10(2)14-12/h10-13H,3-9H2,1-2H3. The first-order valence-corrected chi connectivity index (χ1v) is 6.07. The van der Waals surface area contributed by atoms with E-state index in [-0.39, 0.29) is 12.2 Å². The predicted molar refractivity (Wildman–Crippen MR) is 58.3 cm³/mol. The molecule has 2 heteroatoms. The van der Waals surface area contributed by atoms with E-state index in [1.54, 1.807) is 0 Å². The fraction of sp³-hybridized carbons (Fsp3) is 1.00. The van der Waals surface area contributed by atoms with Crippen molar-refractivity contribution in [1.29, 1.82) is 0 Å². The Hall–Kier alpha value is -0.0800. The number of ether oxygens (including phenoxy) is 1. The first-order chi connectivity index (χ1) is 6.74. The minimum absolute atomic E-state index is 0.117. The van der Waals surface area contributed by atoms with Crippen molar-refractivity contribution in [2.75, 3.05) is 0 Å². The van der Waals surface area contributed by atoms with Crippen LogP contribution in [0.25, 0.3) is 0 Å². The number of hydrogen-bond acceptors (Lipinski definition) is 2. The summed E-state index contributed by atoms with van der Waals surface area (Å²) in [6.45, 7) is 4.29. The van der Waals surface area contributed by atoms with Gasteiger partial charge >= 0.3 is 0 Å². The van der Waals surface area contributed by atoms with Crippen LogP contribution in [0.1, 0.15) is 58.8 Å². The molecule has 1 N–H and O–H groups in total. The maximum Gasteiger partial charge on any atom is 0.0838 e. The van der Waals surface area contributed by atoms with Crippen LogP contribution < -0.4 is 0 Å². The van der Waals surface area contributed by atoms with E-state index in [1.807, 2.05) is 0 Å². The molecule has 0 bridgehead atoms. The third kappa shape index (κ3) is 3.97. The fourth-order valence-corrected chi connectivity index (χ4v) is 2.08. The van der Waals surface area contributed by atoms with E-state index in [4.69, 9.17) is 4.74 Å². The van der Waals surface area contributed by atoms with Crippen LogP contribution >= 0.6 is 0 Å². The first kappa shape index (κ1) is 12.0. The van der Waals surface area contributed by atoms with Crippen molar-refractivity contribution in [3.8, 4) is 0 Å². The highest BCUT2D eigenvalue weighted by atomic mass is 16.5. The van der Waals surface area contributed by atoms with Crippen molar-refractivity contribution >= 4 is 0 Å². The van der Waals surface area contributed by atoms with Crippen LogP contribution in [0.2, 0.25) is 0 Å². The van der Waals surface area contributed by atoms with Crippen LogP contribution in [0.15, 0.2) is 0 Å². The minimum atomic E-state index is -0.225. The summed E-state index contributed by atoms with van der Waals surface area (Å²) in [6, 6.07) is 0. The van der Waals surface area contributed by atoms with Gasteiger partial charge in [-0.15, -0.1) is 0 Å². The van der Waals surface area contributed by atoms with Gasteiger partial charge in [-0.1, -0.05) is 32.6 Å². The lowest BCUT2D eigenvalue weighted by atomic mass is 10.0. The number of aliphatic hydroxyl groups is 1. The summed E-state index contributed by atoms with van der Waals surface area (Å²) in [7, 11) is 0. The van der Waals surface area contributed by atoms with Gasteiger partial charge in [-0.25, -0.2) is 0 Å². The van der Waals surface area contributed by atoms with Crippen molar-refractivity contribution in [2.45, 2.75) is 77.1 Å². The van der Waals surface area contributed by atoms with E-state index >= 15 is 0 Å². The zero-order chi connectivity index (χ0) is 10.4. The van der Waals surface area contributed by atoms with Gasteiger partial charge < -0.3 is 9.84 Å². The van der Waals surface area contributed by atoms with E-state index in [9.17, 15) is 5.11 Å². The average Bonchev–Trinajstić information content (AvgIpc) is 2.59. The third-order valence-corrected chi connectivity index (χ3v) is 3.05. The highest BCUT2D eigenvalue weighted by Gasteiger charge is 2.27. The number of hydrogen-bond donors (Lipinski definition) is 1. The van der Waals surface area contributed by atoms with Gasteiger partial charge in [-0.3, -0.25) is 0 Å².